The molecule has 4 aliphatic carbocycles. The minimum atomic E-state index is 0.525. The number of rotatable bonds is 1. The Hall–Kier alpha value is -0.520. The highest BCUT2D eigenvalue weighted by Crippen LogP contribution is 2.63. The molecule has 0 aliphatic heterocycles. The molecule has 4 bridgehead atoms. The molecular weight excluding hydrogens is 168 g/mol. The normalized spacial score (nSPS) is 49.8. The van der Waals surface area contributed by atoms with Crippen molar-refractivity contribution in [2.75, 3.05) is 0 Å². The molecule has 0 nitrogen and oxygen atoms in total. The van der Waals surface area contributed by atoms with E-state index in [9.17, 15) is 0 Å². The minimum absolute atomic E-state index is 0.525. The van der Waals surface area contributed by atoms with Gasteiger partial charge >= 0.3 is 0 Å². The average molecular weight is 188 g/mol. The van der Waals surface area contributed by atoms with E-state index >= 15 is 0 Å². The smallest absolute Gasteiger partial charge is 0.00795 e. The summed E-state index contributed by atoms with van der Waals surface area (Å²) in [6, 6.07) is 0. The van der Waals surface area contributed by atoms with Crippen molar-refractivity contribution in [3.8, 4) is 0 Å². The third kappa shape index (κ3) is 0.947. The molecule has 0 heteroatoms. The molecule has 0 aromatic heterocycles. The van der Waals surface area contributed by atoms with Crippen LogP contribution in [0.25, 0.3) is 0 Å². The van der Waals surface area contributed by atoms with E-state index in [2.05, 4.69) is 20.1 Å². The predicted molar refractivity (Wildman–Crippen MR) is 59.9 cm³/mol. The molecule has 14 heavy (non-hydrogen) atoms. The fourth-order valence-corrected chi connectivity index (χ4v) is 4.40. The largest absolute Gasteiger partial charge is 0.0996 e. The lowest BCUT2D eigenvalue weighted by Gasteiger charge is -2.58. The Bertz CT molecular complexity index is 292. The Morgan fingerprint density at radius 3 is 2.29 bits per heavy atom. The van der Waals surface area contributed by atoms with Crippen molar-refractivity contribution >= 4 is 0 Å². The van der Waals surface area contributed by atoms with Gasteiger partial charge in [0.1, 0.15) is 0 Å². The van der Waals surface area contributed by atoms with E-state index in [1.165, 1.54) is 37.7 Å². The van der Waals surface area contributed by atoms with Crippen LogP contribution in [0.1, 0.15) is 39.0 Å². The Balaban J connectivity index is 2.00. The van der Waals surface area contributed by atoms with E-state index < -0.39 is 0 Å². The van der Waals surface area contributed by atoms with Gasteiger partial charge in [0.05, 0.1) is 0 Å². The van der Waals surface area contributed by atoms with Gasteiger partial charge in [0, 0.05) is 0 Å². The summed E-state index contributed by atoms with van der Waals surface area (Å²) in [5.41, 5.74) is 3.56. The molecule has 4 aliphatic rings. The lowest BCUT2D eigenvalue weighted by Crippen LogP contribution is -2.47. The van der Waals surface area contributed by atoms with Crippen LogP contribution in [0.5, 0.6) is 0 Å². The Morgan fingerprint density at radius 2 is 1.79 bits per heavy atom. The van der Waals surface area contributed by atoms with Crippen molar-refractivity contribution < 1.29 is 0 Å². The molecule has 4 rings (SSSR count). The van der Waals surface area contributed by atoms with Gasteiger partial charge in [-0.2, -0.15) is 0 Å². The molecular formula is C14H20. The zero-order valence-electron chi connectivity index (χ0n) is 9.18. The second-order valence-corrected chi connectivity index (χ2v) is 5.98. The molecule has 0 aromatic rings. The fraction of sp³-hybridized carbons (Fsp3) is 0.714. The summed E-state index contributed by atoms with van der Waals surface area (Å²) < 4.78 is 0. The molecule has 0 N–H and O–H groups in total. The molecule has 2 unspecified atom stereocenters. The van der Waals surface area contributed by atoms with Gasteiger partial charge in [-0.25, -0.2) is 0 Å². The van der Waals surface area contributed by atoms with Crippen molar-refractivity contribution in [3.63, 3.8) is 0 Å². The van der Waals surface area contributed by atoms with Crippen LogP contribution in [0, 0.1) is 23.2 Å². The van der Waals surface area contributed by atoms with E-state index in [4.69, 9.17) is 0 Å². The minimum Gasteiger partial charge on any atom is -0.0996 e. The Kier molecular flexibility index (Phi) is 1.59. The second kappa shape index (κ2) is 2.53. The number of allylic oxidation sites excluding steroid dienone is 2. The van der Waals surface area contributed by atoms with Crippen LogP contribution < -0.4 is 0 Å². The maximum atomic E-state index is 4.31. The van der Waals surface area contributed by atoms with Crippen LogP contribution >= 0.6 is 0 Å². The molecule has 0 radical (unpaired) electrons. The molecule has 0 aromatic carbocycles. The molecule has 0 heterocycles. The summed E-state index contributed by atoms with van der Waals surface area (Å²) in [5.74, 6) is 2.69. The van der Waals surface area contributed by atoms with Gasteiger partial charge < -0.3 is 0 Å². The first-order valence-electron chi connectivity index (χ1n) is 5.95. The molecule has 0 spiro atoms. The SMILES string of the molecule is C=C1C2CC3CC1CC(C(=C)C)(C3)C2. The van der Waals surface area contributed by atoms with Crippen LogP contribution in [0.3, 0.4) is 0 Å². The third-order valence-corrected chi connectivity index (χ3v) is 5.14. The molecule has 4 saturated carbocycles. The summed E-state index contributed by atoms with van der Waals surface area (Å²) in [4.78, 5) is 0. The molecule has 76 valence electrons. The van der Waals surface area contributed by atoms with Crippen LogP contribution in [-0.2, 0) is 0 Å². The topological polar surface area (TPSA) is 0 Å². The standard InChI is InChI=1S/C14H20/c1-9(2)14-6-11-4-12(7-14)10(3)13(5-11)8-14/h11-13H,1,3-8H2,2H3. The van der Waals surface area contributed by atoms with E-state index in [-0.39, 0.29) is 0 Å². The summed E-state index contributed by atoms with van der Waals surface area (Å²) in [5, 5.41) is 0. The van der Waals surface area contributed by atoms with E-state index in [0.717, 1.165) is 17.8 Å². The van der Waals surface area contributed by atoms with Crippen LogP contribution in [0.4, 0.5) is 0 Å². The third-order valence-electron chi connectivity index (χ3n) is 5.14. The highest BCUT2D eigenvalue weighted by Gasteiger charge is 2.52. The fourth-order valence-electron chi connectivity index (χ4n) is 4.40. The summed E-state index contributed by atoms with van der Waals surface area (Å²) in [6.07, 6.45) is 7.04. The lowest BCUT2D eigenvalue weighted by molar-refractivity contribution is 0.0123. The average Bonchev–Trinajstić information content (AvgIpc) is 2.12. The van der Waals surface area contributed by atoms with Crippen LogP contribution in [-0.4, -0.2) is 0 Å². The Morgan fingerprint density at radius 1 is 1.21 bits per heavy atom. The first-order chi connectivity index (χ1) is 6.61. The van der Waals surface area contributed by atoms with Crippen molar-refractivity contribution in [1.82, 2.24) is 0 Å². The van der Waals surface area contributed by atoms with Crippen molar-refractivity contribution in [2.24, 2.45) is 23.2 Å². The van der Waals surface area contributed by atoms with Gasteiger partial charge in [0.25, 0.3) is 0 Å². The zero-order valence-corrected chi connectivity index (χ0v) is 9.18. The number of hydrogen-bond acceptors (Lipinski definition) is 0. The predicted octanol–water partition coefficient (Wildman–Crippen LogP) is 3.95. The quantitative estimate of drug-likeness (QED) is 0.547. The van der Waals surface area contributed by atoms with Crippen LogP contribution in [0.15, 0.2) is 24.3 Å². The Labute approximate surface area is 87.1 Å². The zero-order chi connectivity index (χ0) is 9.92. The van der Waals surface area contributed by atoms with Crippen molar-refractivity contribution in [3.05, 3.63) is 24.3 Å². The van der Waals surface area contributed by atoms with E-state index in [1.807, 2.05) is 0 Å². The highest BCUT2D eigenvalue weighted by molar-refractivity contribution is 5.26. The maximum absolute atomic E-state index is 4.31. The van der Waals surface area contributed by atoms with Gasteiger partial charge in [-0.05, 0) is 62.2 Å². The van der Waals surface area contributed by atoms with E-state index in [0.29, 0.717) is 5.41 Å². The van der Waals surface area contributed by atoms with Crippen molar-refractivity contribution in [2.45, 2.75) is 39.0 Å². The van der Waals surface area contributed by atoms with E-state index in [1.54, 1.807) is 5.57 Å². The summed E-state index contributed by atoms with van der Waals surface area (Å²) in [6.45, 7) is 10.8. The van der Waals surface area contributed by atoms with Gasteiger partial charge in [0.15, 0.2) is 0 Å². The second-order valence-electron chi connectivity index (χ2n) is 5.98. The first-order valence-corrected chi connectivity index (χ1v) is 5.95. The summed E-state index contributed by atoms with van der Waals surface area (Å²) in [7, 11) is 0. The highest BCUT2D eigenvalue weighted by atomic mass is 14.6. The monoisotopic (exact) mass is 188 g/mol. The van der Waals surface area contributed by atoms with Crippen molar-refractivity contribution in [1.29, 1.82) is 0 Å². The summed E-state index contributed by atoms with van der Waals surface area (Å²) >= 11 is 0. The molecule has 0 saturated heterocycles. The van der Waals surface area contributed by atoms with Gasteiger partial charge in [-0.3, -0.25) is 0 Å². The number of hydrogen-bond donors (Lipinski definition) is 0. The van der Waals surface area contributed by atoms with Gasteiger partial charge in [-0.15, -0.1) is 0 Å². The van der Waals surface area contributed by atoms with Gasteiger partial charge in [-0.1, -0.05) is 24.3 Å². The van der Waals surface area contributed by atoms with Gasteiger partial charge in [0.2, 0.25) is 0 Å². The van der Waals surface area contributed by atoms with Crippen LogP contribution in [0.2, 0.25) is 0 Å². The lowest BCUT2D eigenvalue weighted by atomic mass is 9.47. The molecule has 4 fully saturated rings. The molecule has 0 amide bonds. The first kappa shape index (κ1) is 8.76. The maximum Gasteiger partial charge on any atom is -0.00795 e. The molecule has 2 atom stereocenters.